The number of hydrogen-bond donors (Lipinski definition) is 1. The monoisotopic (exact) mass is 222 g/mol. The first kappa shape index (κ1) is 11.5. The minimum Gasteiger partial charge on any atom is -0.367 e. The van der Waals surface area contributed by atoms with Crippen molar-refractivity contribution in [1.29, 1.82) is 0 Å². The lowest BCUT2D eigenvalue weighted by Crippen LogP contribution is -2.04. The van der Waals surface area contributed by atoms with E-state index in [0.29, 0.717) is 17.7 Å². The Morgan fingerprint density at radius 3 is 2.38 bits per heavy atom. The van der Waals surface area contributed by atoms with Crippen LogP contribution in [0.2, 0.25) is 0 Å². The van der Waals surface area contributed by atoms with Gasteiger partial charge < -0.3 is 10.3 Å². The molecule has 1 aliphatic rings. The van der Waals surface area contributed by atoms with Gasteiger partial charge >= 0.3 is 0 Å². The number of hydrogen-bond acceptors (Lipinski definition) is 3. The van der Waals surface area contributed by atoms with E-state index in [1.807, 2.05) is 0 Å². The second-order valence-electron chi connectivity index (χ2n) is 5.19. The number of nitrogen functional groups attached to an aromatic ring is 1. The minimum absolute atomic E-state index is 0.407. The van der Waals surface area contributed by atoms with E-state index >= 15 is 0 Å². The zero-order valence-corrected chi connectivity index (χ0v) is 10.3. The molecule has 0 amide bonds. The van der Waals surface area contributed by atoms with Gasteiger partial charge in [-0.1, -0.05) is 44.7 Å². The summed E-state index contributed by atoms with van der Waals surface area (Å²) in [6, 6.07) is 0. The normalized spacial score (nSPS) is 18.9. The molecule has 0 aromatic carbocycles. The van der Waals surface area contributed by atoms with Crippen LogP contribution in [0.25, 0.3) is 0 Å². The molecule has 0 unspecified atom stereocenters. The van der Waals surface area contributed by atoms with E-state index in [-0.39, 0.29) is 0 Å². The van der Waals surface area contributed by atoms with Gasteiger partial charge in [-0.2, -0.15) is 0 Å². The summed E-state index contributed by atoms with van der Waals surface area (Å²) in [5.74, 6) is 1.50. The molecule has 1 fully saturated rings. The second-order valence-corrected chi connectivity index (χ2v) is 5.19. The van der Waals surface area contributed by atoms with E-state index in [9.17, 15) is 0 Å². The maximum atomic E-state index is 5.86. The van der Waals surface area contributed by atoms with Crippen molar-refractivity contribution in [2.75, 3.05) is 5.73 Å². The number of nitrogens with zero attached hydrogens (tertiary/aromatic N) is 1. The molecule has 2 rings (SSSR count). The van der Waals surface area contributed by atoms with Gasteiger partial charge in [-0.05, 0) is 18.8 Å². The van der Waals surface area contributed by atoms with Crippen LogP contribution in [0.4, 0.5) is 5.88 Å². The second kappa shape index (κ2) is 4.89. The van der Waals surface area contributed by atoms with Crippen LogP contribution in [0.5, 0.6) is 0 Å². The Balaban J connectivity index is 2.24. The predicted molar refractivity (Wildman–Crippen MR) is 65.4 cm³/mol. The van der Waals surface area contributed by atoms with Crippen molar-refractivity contribution in [3.8, 4) is 0 Å². The van der Waals surface area contributed by atoms with Crippen LogP contribution >= 0.6 is 0 Å². The van der Waals surface area contributed by atoms with Crippen LogP contribution in [0.3, 0.4) is 0 Å². The Morgan fingerprint density at radius 1 is 1.19 bits per heavy atom. The highest BCUT2D eigenvalue weighted by Gasteiger charge is 2.24. The van der Waals surface area contributed by atoms with Crippen molar-refractivity contribution in [3.63, 3.8) is 0 Å². The van der Waals surface area contributed by atoms with E-state index in [4.69, 9.17) is 10.3 Å². The van der Waals surface area contributed by atoms with E-state index in [2.05, 4.69) is 19.0 Å². The maximum absolute atomic E-state index is 5.86. The fourth-order valence-corrected chi connectivity index (χ4v) is 2.75. The molecule has 3 nitrogen and oxygen atoms in total. The molecule has 1 heterocycles. The molecule has 1 aromatic rings. The van der Waals surface area contributed by atoms with Crippen LogP contribution in [-0.2, 0) is 0 Å². The first-order chi connectivity index (χ1) is 7.70. The maximum Gasteiger partial charge on any atom is 0.225 e. The summed E-state index contributed by atoms with van der Waals surface area (Å²) in [6.07, 6.45) is 7.84. The zero-order chi connectivity index (χ0) is 11.5. The van der Waals surface area contributed by atoms with Crippen molar-refractivity contribution in [1.82, 2.24) is 5.16 Å². The smallest absolute Gasteiger partial charge is 0.225 e. The van der Waals surface area contributed by atoms with Crippen LogP contribution < -0.4 is 5.73 Å². The molecule has 2 N–H and O–H groups in total. The lowest BCUT2D eigenvalue weighted by atomic mass is 9.90. The molecule has 1 aliphatic carbocycles. The molecule has 0 spiro atoms. The average molecular weight is 222 g/mol. The summed E-state index contributed by atoms with van der Waals surface area (Å²) >= 11 is 0. The Hall–Kier alpha value is -0.990. The summed E-state index contributed by atoms with van der Waals surface area (Å²) in [5, 5.41) is 4.20. The van der Waals surface area contributed by atoms with Crippen molar-refractivity contribution < 1.29 is 4.52 Å². The Kier molecular flexibility index (Phi) is 3.52. The predicted octanol–water partition coefficient (Wildman–Crippen LogP) is 3.82. The Morgan fingerprint density at radius 2 is 1.81 bits per heavy atom. The van der Waals surface area contributed by atoms with Crippen LogP contribution in [0, 0.1) is 0 Å². The summed E-state index contributed by atoms with van der Waals surface area (Å²) in [7, 11) is 0. The highest BCUT2D eigenvalue weighted by Crippen LogP contribution is 2.37. The van der Waals surface area contributed by atoms with Gasteiger partial charge in [0.25, 0.3) is 0 Å². The molecule has 16 heavy (non-hydrogen) atoms. The topological polar surface area (TPSA) is 52.0 Å². The van der Waals surface area contributed by atoms with Crippen LogP contribution in [0.1, 0.15) is 75.5 Å². The lowest BCUT2D eigenvalue weighted by molar-refractivity contribution is 0.413. The fraction of sp³-hybridized carbons (Fsp3) is 0.769. The molecule has 0 bridgehead atoms. The highest BCUT2D eigenvalue weighted by molar-refractivity contribution is 5.42. The number of nitrogens with two attached hydrogens (primary N) is 1. The van der Waals surface area contributed by atoms with E-state index < -0.39 is 0 Å². The quantitative estimate of drug-likeness (QED) is 0.774. The van der Waals surface area contributed by atoms with Gasteiger partial charge in [0.2, 0.25) is 5.88 Å². The molecule has 0 radical (unpaired) electrons. The van der Waals surface area contributed by atoms with Crippen molar-refractivity contribution in [2.24, 2.45) is 0 Å². The Bertz CT molecular complexity index is 336. The van der Waals surface area contributed by atoms with Crippen LogP contribution in [0.15, 0.2) is 4.52 Å². The molecule has 0 aliphatic heterocycles. The summed E-state index contributed by atoms with van der Waals surface area (Å²) in [4.78, 5) is 0. The largest absolute Gasteiger partial charge is 0.367 e. The third-order valence-electron chi connectivity index (χ3n) is 3.60. The SMILES string of the molecule is CC(C)c1c(C2CCCCCC2)noc1N. The molecule has 0 atom stereocenters. The zero-order valence-electron chi connectivity index (χ0n) is 10.3. The van der Waals surface area contributed by atoms with Gasteiger partial charge in [-0.3, -0.25) is 0 Å². The molecule has 3 heteroatoms. The average Bonchev–Trinajstić information content (AvgIpc) is 2.50. The van der Waals surface area contributed by atoms with E-state index in [0.717, 1.165) is 11.3 Å². The van der Waals surface area contributed by atoms with Gasteiger partial charge in [0.15, 0.2) is 0 Å². The minimum atomic E-state index is 0.407. The molecule has 0 saturated heterocycles. The number of rotatable bonds is 2. The first-order valence-corrected chi connectivity index (χ1v) is 6.45. The van der Waals surface area contributed by atoms with E-state index in [1.165, 1.54) is 38.5 Å². The van der Waals surface area contributed by atoms with Crippen molar-refractivity contribution >= 4 is 5.88 Å². The number of aromatic nitrogens is 1. The summed E-state index contributed by atoms with van der Waals surface area (Å²) < 4.78 is 5.18. The molecular formula is C13H22N2O. The van der Waals surface area contributed by atoms with Crippen molar-refractivity contribution in [3.05, 3.63) is 11.3 Å². The highest BCUT2D eigenvalue weighted by atomic mass is 16.5. The molecular weight excluding hydrogens is 200 g/mol. The molecule has 90 valence electrons. The third kappa shape index (κ3) is 2.23. The fourth-order valence-electron chi connectivity index (χ4n) is 2.75. The van der Waals surface area contributed by atoms with Gasteiger partial charge in [0, 0.05) is 11.5 Å². The van der Waals surface area contributed by atoms with Gasteiger partial charge in [0.1, 0.15) is 0 Å². The Labute approximate surface area is 97.4 Å². The van der Waals surface area contributed by atoms with Crippen LogP contribution in [-0.4, -0.2) is 5.16 Å². The number of anilines is 1. The third-order valence-corrected chi connectivity index (χ3v) is 3.60. The molecule has 1 saturated carbocycles. The summed E-state index contributed by atoms with van der Waals surface area (Å²) in [6.45, 7) is 4.31. The van der Waals surface area contributed by atoms with Gasteiger partial charge in [0.05, 0.1) is 5.69 Å². The van der Waals surface area contributed by atoms with Crippen molar-refractivity contribution in [2.45, 2.75) is 64.2 Å². The van der Waals surface area contributed by atoms with Gasteiger partial charge in [-0.15, -0.1) is 0 Å². The van der Waals surface area contributed by atoms with Gasteiger partial charge in [-0.25, -0.2) is 0 Å². The lowest BCUT2D eigenvalue weighted by Gasteiger charge is -2.14. The first-order valence-electron chi connectivity index (χ1n) is 6.45. The van der Waals surface area contributed by atoms with E-state index in [1.54, 1.807) is 0 Å². The standard InChI is InChI=1S/C13H22N2O/c1-9(2)11-12(15-16-13(11)14)10-7-5-3-4-6-8-10/h9-10H,3-8,14H2,1-2H3. The molecule has 1 aromatic heterocycles. The summed E-state index contributed by atoms with van der Waals surface area (Å²) in [5.41, 5.74) is 8.14.